The van der Waals surface area contributed by atoms with Crippen molar-refractivity contribution < 1.29 is 0 Å². The first-order valence-electron chi connectivity index (χ1n) is 4.34. The molecule has 0 atom stereocenters. The van der Waals surface area contributed by atoms with Crippen LogP contribution >= 0.6 is 0 Å². The topological polar surface area (TPSA) is 42.3 Å². The van der Waals surface area contributed by atoms with Crippen molar-refractivity contribution >= 4 is 12.2 Å². The average Bonchev–Trinajstić information content (AvgIpc) is 2.18. The Labute approximate surface area is 75.8 Å². The molecule has 0 bridgehead atoms. The van der Waals surface area contributed by atoms with Crippen molar-refractivity contribution in [2.24, 2.45) is 5.18 Å². The van der Waals surface area contributed by atoms with Crippen molar-refractivity contribution in [3.05, 3.63) is 33.3 Å². The summed E-state index contributed by atoms with van der Waals surface area (Å²) in [7, 11) is 0. The molecule has 1 aromatic heterocycles. The molecule has 2 rings (SSSR count). The van der Waals surface area contributed by atoms with E-state index in [2.05, 4.69) is 22.3 Å². The van der Waals surface area contributed by atoms with Crippen LogP contribution in [-0.2, 0) is 6.54 Å². The Balaban J connectivity index is 2.53. The number of rotatable bonds is 2. The lowest BCUT2D eigenvalue weighted by Gasteiger charge is -1.99. The maximum absolute atomic E-state index is 10.0. The minimum absolute atomic E-state index is 0.216. The molecule has 1 aromatic rings. The third kappa shape index (κ3) is 1.64. The highest BCUT2D eigenvalue weighted by atomic mass is 16.3. The Morgan fingerprint density at radius 2 is 2.23 bits per heavy atom. The van der Waals surface area contributed by atoms with E-state index in [0.29, 0.717) is 0 Å². The van der Waals surface area contributed by atoms with E-state index < -0.39 is 0 Å². The summed E-state index contributed by atoms with van der Waals surface area (Å²) >= 11 is 0. The van der Waals surface area contributed by atoms with Crippen LogP contribution in [0.5, 0.6) is 0 Å². The van der Waals surface area contributed by atoms with Crippen molar-refractivity contribution in [3.8, 4) is 0 Å². The van der Waals surface area contributed by atoms with E-state index in [1.807, 2.05) is 6.07 Å². The molecule has 0 saturated carbocycles. The third-order valence-electron chi connectivity index (χ3n) is 2.12. The van der Waals surface area contributed by atoms with E-state index in [-0.39, 0.29) is 6.54 Å². The molecule has 0 aromatic carbocycles. The number of hydrogen-bond acceptors (Lipinski definition) is 3. The summed E-state index contributed by atoms with van der Waals surface area (Å²) in [6, 6.07) is 1.99. The summed E-state index contributed by atoms with van der Waals surface area (Å²) in [5.41, 5.74) is 0.889. The SMILES string of the molecule is O=NCc1cnc2c(c1)=CCCC=2. The Morgan fingerprint density at radius 3 is 3.08 bits per heavy atom. The smallest absolute Gasteiger partial charge is 0.108 e. The normalized spacial score (nSPS) is 13.8. The largest absolute Gasteiger partial charge is 0.256 e. The van der Waals surface area contributed by atoms with Gasteiger partial charge in [0.1, 0.15) is 6.54 Å². The van der Waals surface area contributed by atoms with Gasteiger partial charge in [0.05, 0.1) is 5.35 Å². The second-order valence-corrected chi connectivity index (χ2v) is 3.09. The molecule has 1 aliphatic carbocycles. The molecule has 0 fully saturated rings. The van der Waals surface area contributed by atoms with Crippen LogP contribution in [0, 0.1) is 4.91 Å². The lowest BCUT2D eigenvalue weighted by atomic mass is 10.1. The van der Waals surface area contributed by atoms with Crippen LogP contribution in [0.15, 0.2) is 17.4 Å². The van der Waals surface area contributed by atoms with Gasteiger partial charge in [-0.05, 0) is 29.7 Å². The van der Waals surface area contributed by atoms with Crippen LogP contribution in [0.1, 0.15) is 18.4 Å². The second-order valence-electron chi connectivity index (χ2n) is 3.09. The fourth-order valence-electron chi connectivity index (χ4n) is 1.49. The van der Waals surface area contributed by atoms with Gasteiger partial charge in [-0.1, -0.05) is 17.3 Å². The van der Waals surface area contributed by atoms with Gasteiger partial charge in [0.2, 0.25) is 0 Å². The van der Waals surface area contributed by atoms with Gasteiger partial charge in [-0.2, -0.15) is 4.91 Å². The van der Waals surface area contributed by atoms with Crippen molar-refractivity contribution in [2.45, 2.75) is 19.4 Å². The number of fused-ring (bicyclic) bond motifs is 1. The molecule has 0 amide bonds. The predicted molar refractivity (Wildman–Crippen MR) is 51.2 cm³/mol. The Kier molecular flexibility index (Phi) is 2.17. The molecule has 66 valence electrons. The second kappa shape index (κ2) is 3.47. The molecule has 1 aliphatic rings. The van der Waals surface area contributed by atoms with E-state index >= 15 is 0 Å². The van der Waals surface area contributed by atoms with E-state index in [9.17, 15) is 4.91 Å². The minimum Gasteiger partial charge on any atom is -0.256 e. The van der Waals surface area contributed by atoms with Crippen molar-refractivity contribution in [2.75, 3.05) is 0 Å². The minimum atomic E-state index is 0.216. The number of nitroso groups, excluding NO2 is 1. The molecular weight excluding hydrogens is 164 g/mol. The monoisotopic (exact) mass is 174 g/mol. The van der Waals surface area contributed by atoms with Gasteiger partial charge in [-0.25, -0.2) is 0 Å². The highest BCUT2D eigenvalue weighted by Gasteiger charge is 1.96. The van der Waals surface area contributed by atoms with Gasteiger partial charge in [0.25, 0.3) is 0 Å². The molecule has 1 heterocycles. The fraction of sp³-hybridized carbons (Fsp3) is 0.300. The van der Waals surface area contributed by atoms with E-state index in [1.54, 1.807) is 6.20 Å². The van der Waals surface area contributed by atoms with Crippen molar-refractivity contribution in [3.63, 3.8) is 0 Å². The number of hydrogen-bond donors (Lipinski definition) is 0. The molecule has 0 spiro atoms. The fourth-order valence-corrected chi connectivity index (χ4v) is 1.49. The number of pyridine rings is 1. The van der Waals surface area contributed by atoms with Crippen molar-refractivity contribution in [1.82, 2.24) is 4.98 Å². The zero-order valence-corrected chi connectivity index (χ0v) is 7.23. The third-order valence-corrected chi connectivity index (χ3v) is 2.12. The zero-order valence-electron chi connectivity index (χ0n) is 7.23. The maximum atomic E-state index is 10.0. The summed E-state index contributed by atoms with van der Waals surface area (Å²) < 4.78 is 0. The highest BCUT2D eigenvalue weighted by molar-refractivity contribution is 5.36. The predicted octanol–water partition coefficient (Wildman–Crippen LogP) is 0.703. The van der Waals surface area contributed by atoms with Crippen LogP contribution in [0.4, 0.5) is 0 Å². The number of aromatic nitrogens is 1. The first kappa shape index (κ1) is 8.10. The molecule has 0 aliphatic heterocycles. The standard InChI is InChI=1S/C10H10N2O/c13-12-7-8-5-9-3-1-2-4-10(9)11-6-8/h3-6H,1-2,7H2. The van der Waals surface area contributed by atoms with Crippen LogP contribution in [0.2, 0.25) is 0 Å². The first-order valence-corrected chi connectivity index (χ1v) is 4.34. The summed E-state index contributed by atoms with van der Waals surface area (Å²) in [6.07, 6.45) is 8.11. The van der Waals surface area contributed by atoms with Gasteiger partial charge < -0.3 is 0 Å². The van der Waals surface area contributed by atoms with Gasteiger partial charge in [0, 0.05) is 6.20 Å². The first-order chi connectivity index (χ1) is 6.40. The van der Waals surface area contributed by atoms with Crippen LogP contribution in [0.3, 0.4) is 0 Å². The van der Waals surface area contributed by atoms with E-state index in [1.165, 1.54) is 0 Å². The Bertz CT molecular complexity index is 437. The molecular formula is C10H10N2O. The zero-order chi connectivity index (χ0) is 9.10. The quantitative estimate of drug-likeness (QED) is 0.619. The van der Waals surface area contributed by atoms with Gasteiger partial charge in [-0.3, -0.25) is 4.98 Å². The Morgan fingerprint density at radius 1 is 1.38 bits per heavy atom. The Hall–Kier alpha value is -1.51. The molecule has 13 heavy (non-hydrogen) atoms. The van der Waals surface area contributed by atoms with Gasteiger partial charge in [-0.15, -0.1) is 0 Å². The number of nitrogens with zero attached hydrogens (tertiary/aromatic N) is 2. The summed E-state index contributed by atoms with van der Waals surface area (Å²) in [4.78, 5) is 14.3. The van der Waals surface area contributed by atoms with Crippen LogP contribution < -0.4 is 10.6 Å². The summed E-state index contributed by atoms with van der Waals surface area (Å²) in [5.74, 6) is 0. The van der Waals surface area contributed by atoms with Crippen LogP contribution in [0.25, 0.3) is 12.2 Å². The lowest BCUT2D eigenvalue weighted by molar-refractivity contribution is 1.00. The highest BCUT2D eigenvalue weighted by Crippen LogP contribution is 1.97. The summed E-state index contributed by atoms with van der Waals surface area (Å²) in [6.45, 7) is 0.216. The van der Waals surface area contributed by atoms with Gasteiger partial charge >= 0.3 is 0 Å². The summed E-state index contributed by atoms with van der Waals surface area (Å²) in [5, 5.41) is 5.00. The molecule has 0 unspecified atom stereocenters. The van der Waals surface area contributed by atoms with E-state index in [4.69, 9.17) is 0 Å². The molecule has 3 nitrogen and oxygen atoms in total. The maximum Gasteiger partial charge on any atom is 0.108 e. The van der Waals surface area contributed by atoms with Gasteiger partial charge in [0.15, 0.2) is 0 Å². The molecule has 0 saturated heterocycles. The molecule has 0 radical (unpaired) electrons. The van der Waals surface area contributed by atoms with Crippen LogP contribution in [-0.4, -0.2) is 4.98 Å². The van der Waals surface area contributed by atoms with Crippen molar-refractivity contribution in [1.29, 1.82) is 0 Å². The molecule has 0 N–H and O–H groups in total. The average molecular weight is 174 g/mol. The van der Waals surface area contributed by atoms with E-state index in [0.717, 1.165) is 29.0 Å². The molecule has 3 heteroatoms. The lowest BCUT2D eigenvalue weighted by Crippen LogP contribution is -2.30.